The van der Waals surface area contributed by atoms with Gasteiger partial charge in [0.2, 0.25) is 45.6 Å². The molecule has 0 saturated carbocycles. The third-order valence-electron chi connectivity index (χ3n) is 22.0. The molecular formula is C100H116N8O4+4. The maximum absolute atomic E-state index is 6.38. The van der Waals surface area contributed by atoms with Gasteiger partial charge in [-0.05, 0) is 177 Å². The summed E-state index contributed by atoms with van der Waals surface area (Å²) in [6.45, 7) is 48.3. The summed E-state index contributed by atoms with van der Waals surface area (Å²) in [5, 5.41) is 8.83. The van der Waals surface area contributed by atoms with Crippen molar-refractivity contribution in [2.75, 3.05) is 0 Å². The molecule has 0 atom stereocenters. The molecule has 0 amide bonds. The first-order valence-electron chi connectivity index (χ1n) is 40.3. The average Bonchev–Trinajstić information content (AvgIpc) is 1.61. The van der Waals surface area contributed by atoms with E-state index < -0.39 is 0 Å². The molecule has 12 nitrogen and oxygen atoms in total. The summed E-state index contributed by atoms with van der Waals surface area (Å²) in [5.41, 5.74) is 30.5. The molecule has 12 heteroatoms. The minimum Gasteiger partial charge on any atom is -0.437 e. The molecule has 16 aromatic rings. The van der Waals surface area contributed by atoms with Crippen LogP contribution in [0.1, 0.15) is 222 Å². The predicted octanol–water partition coefficient (Wildman–Crippen LogP) is 24.8. The van der Waals surface area contributed by atoms with Crippen molar-refractivity contribution in [3.05, 3.63) is 238 Å². The normalized spacial score (nSPS) is 12.2. The van der Waals surface area contributed by atoms with Gasteiger partial charge >= 0.3 is 0 Å². The third kappa shape index (κ3) is 16.1. The lowest BCUT2D eigenvalue weighted by Gasteiger charge is -2.16. The zero-order chi connectivity index (χ0) is 80.4. The molecule has 0 N–H and O–H groups in total. The Labute approximate surface area is 662 Å². The van der Waals surface area contributed by atoms with Crippen LogP contribution in [0, 0.1) is 39.0 Å². The van der Waals surface area contributed by atoms with E-state index in [1.165, 1.54) is 44.5 Å². The van der Waals surface area contributed by atoms with Gasteiger partial charge in [-0.15, -0.1) is 0 Å². The average molecular weight is 1490 g/mol. The fourth-order valence-corrected chi connectivity index (χ4v) is 15.5. The van der Waals surface area contributed by atoms with E-state index in [0.29, 0.717) is 35.5 Å². The van der Waals surface area contributed by atoms with E-state index in [9.17, 15) is 0 Å². The lowest BCUT2D eigenvalue weighted by atomic mass is 9.90. The molecule has 0 bridgehead atoms. The fraction of sp³-hybridized carbons (Fsp3) is 0.360. The predicted molar refractivity (Wildman–Crippen MR) is 462 cm³/mol. The highest BCUT2D eigenvalue weighted by atomic mass is 16.4. The van der Waals surface area contributed by atoms with E-state index in [4.69, 9.17) is 37.6 Å². The summed E-state index contributed by atoms with van der Waals surface area (Å²) in [6.07, 6.45) is 10.8. The Kier molecular flexibility index (Phi) is 22.3. The Morgan fingerprint density at radius 2 is 0.589 bits per heavy atom. The molecule has 0 spiro atoms. The number of aromatic nitrogens is 8. The van der Waals surface area contributed by atoms with E-state index in [1.54, 1.807) is 0 Å². The van der Waals surface area contributed by atoms with Gasteiger partial charge in [0.25, 0.3) is 0 Å². The lowest BCUT2D eigenvalue weighted by Crippen LogP contribution is -2.31. The number of rotatable bonds is 12. The van der Waals surface area contributed by atoms with Crippen molar-refractivity contribution in [1.29, 1.82) is 0 Å². The highest BCUT2D eigenvalue weighted by Gasteiger charge is 2.29. The number of fused-ring (bicyclic) bond motifs is 12. The highest BCUT2D eigenvalue weighted by Crippen LogP contribution is 2.43. The zero-order valence-electron chi connectivity index (χ0n) is 71.3. The molecule has 0 radical (unpaired) electrons. The minimum atomic E-state index is -0.00890. The first-order chi connectivity index (χ1) is 53.0. The van der Waals surface area contributed by atoms with Crippen molar-refractivity contribution in [1.82, 2.24) is 19.9 Å². The summed E-state index contributed by atoms with van der Waals surface area (Å²) in [4.78, 5) is 19.2. The van der Waals surface area contributed by atoms with Crippen LogP contribution in [0.25, 0.3) is 133 Å². The van der Waals surface area contributed by atoms with Crippen molar-refractivity contribution >= 4 is 88.3 Å². The second kappa shape index (κ2) is 31.4. The summed E-state index contributed by atoms with van der Waals surface area (Å²) in [7, 11) is 8.44. The lowest BCUT2D eigenvalue weighted by molar-refractivity contribution is -0.661. The Morgan fingerprint density at radius 3 is 0.884 bits per heavy atom. The van der Waals surface area contributed by atoms with E-state index in [1.807, 2.05) is 0 Å². The molecule has 0 saturated heterocycles. The smallest absolute Gasteiger partial charge is 0.227 e. The van der Waals surface area contributed by atoms with Gasteiger partial charge in [-0.25, -0.2) is 38.2 Å². The van der Waals surface area contributed by atoms with Crippen LogP contribution in [0.5, 0.6) is 0 Å². The van der Waals surface area contributed by atoms with E-state index in [2.05, 4.69) is 369 Å². The van der Waals surface area contributed by atoms with Crippen molar-refractivity contribution in [2.24, 2.45) is 39.5 Å². The molecule has 0 aliphatic rings. The monoisotopic (exact) mass is 1490 g/mol. The molecular weight excluding hydrogens is 1380 g/mol. The molecule has 4 aromatic carbocycles. The van der Waals surface area contributed by atoms with Crippen molar-refractivity contribution < 1.29 is 35.9 Å². The Bertz CT molecular complexity index is 6240. The van der Waals surface area contributed by atoms with Crippen LogP contribution < -0.4 is 18.3 Å². The SMILES string of the molecule is Cc1ccc2c(oc3nc(C(C)(C)C)ccc32)c1-c1ccc(C(C)C)c[n+]1C.Cc1ccc2c(oc3nc(C(C)C)ccc32)c1-c1ccc(C(C)C)c[n+]1C.Cc1ccc2c(oc3nc(CC(C)(C)C)ccc32)c1-c1ccc(C(C)C)c[n+]1C.Cc1ccc2c(oc3nc(CC(C)C)ccc32)c1-c1ccc(C(C)C)c[n+]1C. The first-order valence-corrected chi connectivity index (χ1v) is 40.3. The number of benzene rings is 4. The Morgan fingerprint density at radius 1 is 0.304 bits per heavy atom. The van der Waals surface area contributed by atoms with Crippen LogP contribution in [0.15, 0.2) is 188 Å². The quantitative estimate of drug-likeness (QED) is 0.111. The second-order valence-corrected chi connectivity index (χ2v) is 35.6. The second-order valence-electron chi connectivity index (χ2n) is 35.6. The number of hydrogen-bond acceptors (Lipinski definition) is 8. The van der Waals surface area contributed by atoms with Gasteiger partial charge in [-0.3, -0.25) is 0 Å². The zero-order valence-corrected chi connectivity index (χ0v) is 71.3. The first kappa shape index (κ1) is 79.4. The number of hydrogen-bond donors (Lipinski definition) is 0. The number of nitrogens with zero attached hydrogens (tertiary/aromatic N) is 8. The molecule has 112 heavy (non-hydrogen) atoms. The number of furan rings is 4. The Hall–Kier alpha value is -10.7. The molecule has 0 unspecified atom stereocenters. The summed E-state index contributed by atoms with van der Waals surface area (Å²) in [6, 6.07) is 52.2. The van der Waals surface area contributed by atoms with Crippen LogP contribution >= 0.6 is 0 Å². The Balaban J connectivity index is 0.000000131. The minimum absolute atomic E-state index is 0.00890. The van der Waals surface area contributed by atoms with Gasteiger partial charge in [0.15, 0.2) is 47.1 Å². The van der Waals surface area contributed by atoms with Crippen LogP contribution in [-0.2, 0) is 46.4 Å². The number of pyridine rings is 8. The number of aryl methyl sites for hydroxylation is 8. The molecule has 12 heterocycles. The molecule has 576 valence electrons. The van der Waals surface area contributed by atoms with Gasteiger partial charge in [0, 0.05) is 118 Å². The summed E-state index contributed by atoms with van der Waals surface area (Å²) >= 11 is 0. The van der Waals surface area contributed by atoms with Crippen LogP contribution in [0.4, 0.5) is 0 Å². The maximum atomic E-state index is 6.38. The van der Waals surface area contributed by atoms with E-state index in [0.717, 1.165) is 169 Å². The summed E-state index contributed by atoms with van der Waals surface area (Å²) in [5.74, 6) is 2.97. The molecule has 12 aromatic heterocycles. The third-order valence-corrected chi connectivity index (χ3v) is 22.0. The summed E-state index contributed by atoms with van der Waals surface area (Å²) < 4.78 is 34.2. The van der Waals surface area contributed by atoms with Gasteiger partial charge in [0.05, 0.1) is 22.3 Å². The van der Waals surface area contributed by atoms with Crippen LogP contribution in [0.2, 0.25) is 0 Å². The topological polar surface area (TPSA) is 120 Å². The van der Waals surface area contributed by atoms with Crippen molar-refractivity contribution in [3.63, 3.8) is 0 Å². The van der Waals surface area contributed by atoms with Gasteiger partial charge < -0.3 is 17.7 Å². The molecule has 0 aliphatic heterocycles. The standard InChI is InChI=1S/C26H31N2O.2C25H29N2O.C24H27N2O/c1-16(2)18-9-13-22(28(7)15-18)23-17(3)8-11-20-21-12-10-19(14-26(4,5)6)27-25(21)29-24(20)23;1-15(2)17-9-12-20(27(7)14-17)22-16(3)8-10-18-19-11-13-21(25(4,5)6)26-24(19)28-23(18)22;1-15(2)13-19-9-11-21-20-10-7-17(5)23(24(20)28-25(21)26-19)22-12-8-18(16(3)4)14-27(22)6;1-14(2)17-8-12-21(26(6)13-17)22-16(5)7-9-18-19-10-11-20(15(3)4)25-24(19)27-23(18)22/h8-13,15-16H,14H2,1-7H3;8-15H,1-7H3;7-12,14-16H,13H2,1-6H3;7-15H,1-6H3/q4*+1. The van der Waals surface area contributed by atoms with Crippen molar-refractivity contribution in [2.45, 2.75) is 200 Å². The molecule has 0 aliphatic carbocycles. The maximum Gasteiger partial charge on any atom is 0.227 e. The molecule has 16 rings (SSSR count). The van der Waals surface area contributed by atoms with E-state index >= 15 is 0 Å². The molecule has 0 fully saturated rings. The van der Waals surface area contributed by atoms with Crippen LogP contribution in [-0.4, -0.2) is 19.9 Å². The van der Waals surface area contributed by atoms with E-state index in [-0.39, 0.29) is 10.8 Å². The van der Waals surface area contributed by atoms with Crippen LogP contribution in [0.3, 0.4) is 0 Å². The van der Waals surface area contributed by atoms with Gasteiger partial charge in [-0.2, -0.15) is 0 Å². The van der Waals surface area contributed by atoms with Gasteiger partial charge in [0.1, 0.15) is 28.2 Å². The highest BCUT2D eigenvalue weighted by molar-refractivity contribution is 6.12. The largest absolute Gasteiger partial charge is 0.437 e. The fourth-order valence-electron chi connectivity index (χ4n) is 15.5. The van der Waals surface area contributed by atoms with Crippen molar-refractivity contribution in [3.8, 4) is 45.0 Å². The van der Waals surface area contributed by atoms with Gasteiger partial charge in [-0.1, -0.05) is 173 Å².